The Labute approximate surface area is 220 Å². The minimum Gasteiger partial charge on any atom is -0.492 e. The zero-order valence-corrected chi connectivity index (χ0v) is 21.0. The Morgan fingerprint density at radius 1 is 0.763 bits per heavy atom. The highest BCUT2D eigenvalue weighted by Gasteiger charge is 2.74. The molecule has 0 unspecified atom stereocenters. The SMILES string of the molecule is CN1C[C@H](c2ccccc2)[C@]2(COc3ccc4ccccc4c3C2=O)[C@]12C(=O)c1cccc3cccc2c13. The van der Waals surface area contributed by atoms with Crippen LogP contribution < -0.4 is 4.74 Å². The Balaban J connectivity index is 1.50. The number of ketones is 2. The molecule has 184 valence electrons. The highest BCUT2D eigenvalue weighted by molar-refractivity contribution is 6.25. The zero-order valence-electron chi connectivity index (χ0n) is 21.0. The number of hydrogen-bond acceptors (Lipinski definition) is 4. The molecule has 1 fully saturated rings. The molecule has 2 aliphatic heterocycles. The molecule has 3 atom stereocenters. The molecule has 4 heteroatoms. The third-order valence-electron chi connectivity index (χ3n) is 9.32. The van der Waals surface area contributed by atoms with Crippen molar-refractivity contribution in [1.29, 1.82) is 0 Å². The van der Waals surface area contributed by atoms with Crippen molar-refractivity contribution in [2.75, 3.05) is 20.2 Å². The fourth-order valence-electron chi connectivity index (χ4n) is 7.82. The number of hydrogen-bond donors (Lipinski definition) is 0. The standard InChI is InChI=1S/C34H25NO3/c1-35-19-27(22-10-3-2-4-11-22)33(20-38-28-18-17-21-9-5-6-14-24(21)30(28)32(33)37)34(35)26-16-8-13-23-12-7-15-25(29(23)26)31(34)36/h2-18,27H,19-20H2,1H3/t27-,33+,34+/m1/s1. The van der Waals surface area contributed by atoms with Crippen LogP contribution in [0.25, 0.3) is 21.5 Å². The predicted molar refractivity (Wildman–Crippen MR) is 148 cm³/mol. The molecule has 0 aromatic heterocycles. The van der Waals surface area contributed by atoms with Gasteiger partial charge in [0.05, 0.1) is 5.56 Å². The van der Waals surface area contributed by atoms with Crippen LogP contribution in [-0.4, -0.2) is 36.7 Å². The Hall–Kier alpha value is -4.28. The van der Waals surface area contributed by atoms with Crippen molar-refractivity contribution in [3.05, 3.63) is 125 Å². The van der Waals surface area contributed by atoms with Crippen LogP contribution in [0.4, 0.5) is 0 Å². The summed E-state index contributed by atoms with van der Waals surface area (Å²) in [5, 5.41) is 3.83. The van der Waals surface area contributed by atoms with Crippen molar-refractivity contribution in [3.63, 3.8) is 0 Å². The lowest BCUT2D eigenvalue weighted by Crippen LogP contribution is -2.61. The van der Waals surface area contributed by atoms with E-state index < -0.39 is 11.0 Å². The second kappa shape index (κ2) is 7.40. The number of fused-ring (bicyclic) bond motifs is 5. The fraction of sp³-hybridized carbons (Fsp3) is 0.176. The van der Waals surface area contributed by atoms with Crippen molar-refractivity contribution < 1.29 is 14.3 Å². The highest BCUT2D eigenvalue weighted by Crippen LogP contribution is 2.65. The van der Waals surface area contributed by atoms with E-state index in [1.165, 1.54) is 0 Å². The summed E-state index contributed by atoms with van der Waals surface area (Å²) in [4.78, 5) is 32.3. The summed E-state index contributed by atoms with van der Waals surface area (Å²) in [5.41, 5.74) is 0.910. The number of carbonyl (C=O) groups excluding carboxylic acids is 2. The Morgan fingerprint density at radius 3 is 2.34 bits per heavy atom. The summed E-state index contributed by atoms with van der Waals surface area (Å²) < 4.78 is 6.57. The molecule has 3 aliphatic rings. The third-order valence-corrected chi connectivity index (χ3v) is 9.32. The van der Waals surface area contributed by atoms with Gasteiger partial charge in [0.15, 0.2) is 11.6 Å². The Kier molecular flexibility index (Phi) is 4.24. The maximum Gasteiger partial charge on any atom is 0.189 e. The van der Waals surface area contributed by atoms with Gasteiger partial charge in [0.25, 0.3) is 0 Å². The first kappa shape index (κ1) is 21.8. The molecule has 1 aliphatic carbocycles. The van der Waals surface area contributed by atoms with Gasteiger partial charge in [-0.2, -0.15) is 0 Å². The van der Waals surface area contributed by atoms with E-state index in [1.54, 1.807) is 0 Å². The summed E-state index contributed by atoms with van der Waals surface area (Å²) in [6, 6.07) is 34.0. The number of Topliss-reactive ketones (excluding diaryl/α,β-unsaturated/α-hetero) is 2. The van der Waals surface area contributed by atoms with Crippen LogP contribution in [0.15, 0.2) is 103 Å². The number of rotatable bonds is 1. The van der Waals surface area contributed by atoms with Crippen molar-refractivity contribution in [3.8, 4) is 5.75 Å². The van der Waals surface area contributed by atoms with Crippen LogP contribution in [0.3, 0.4) is 0 Å². The Morgan fingerprint density at radius 2 is 1.50 bits per heavy atom. The monoisotopic (exact) mass is 495 g/mol. The average molecular weight is 496 g/mol. The number of likely N-dealkylation sites (tertiary alicyclic amines) is 1. The molecular formula is C34H25NO3. The molecule has 0 N–H and O–H groups in total. The minimum atomic E-state index is -1.18. The molecule has 2 spiro atoms. The van der Waals surface area contributed by atoms with Crippen molar-refractivity contribution >= 4 is 33.1 Å². The molecule has 8 rings (SSSR count). The molecule has 0 saturated carbocycles. The van der Waals surface area contributed by atoms with E-state index in [1.807, 2.05) is 98.0 Å². The molecule has 5 aromatic carbocycles. The van der Waals surface area contributed by atoms with E-state index in [-0.39, 0.29) is 24.1 Å². The first-order chi connectivity index (χ1) is 18.6. The van der Waals surface area contributed by atoms with E-state index in [2.05, 4.69) is 17.0 Å². The minimum absolute atomic E-state index is 0.00749. The van der Waals surface area contributed by atoms with E-state index in [0.717, 1.165) is 32.7 Å². The third kappa shape index (κ3) is 2.36. The second-order valence-corrected chi connectivity index (χ2v) is 10.8. The topological polar surface area (TPSA) is 46.6 Å². The van der Waals surface area contributed by atoms with Gasteiger partial charge in [-0.25, -0.2) is 0 Å². The molecule has 1 saturated heterocycles. The highest BCUT2D eigenvalue weighted by atomic mass is 16.5. The van der Waals surface area contributed by atoms with Crippen LogP contribution >= 0.6 is 0 Å². The smallest absolute Gasteiger partial charge is 0.189 e. The fourth-order valence-corrected chi connectivity index (χ4v) is 7.82. The first-order valence-corrected chi connectivity index (χ1v) is 13.1. The lowest BCUT2D eigenvalue weighted by molar-refractivity contribution is 0.00853. The quantitative estimate of drug-likeness (QED) is 0.271. The lowest BCUT2D eigenvalue weighted by atomic mass is 9.56. The zero-order chi connectivity index (χ0) is 25.6. The molecular weight excluding hydrogens is 470 g/mol. The Bertz CT molecular complexity index is 1820. The van der Waals surface area contributed by atoms with Crippen LogP contribution in [0.5, 0.6) is 5.75 Å². The number of ether oxygens (including phenoxy) is 1. The van der Waals surface area contributed by atoms with Gasteiger partial charge in [-0.1, -0.05) is 97.1 Å². The van der Waals surface area contributed by atoms with Gasteiger partial charge in [-0.3, -0.25) is 14.5 Å². The summed E-state index contributed by atoms with van der Waals surface area (Å²) >= 11 is 0. The summed E-state index contributed by atoms with van der Waals surface area (Å²) in [5.74, 6) is 0.344. The molecule has 5 aromatic rings. The van der Waals surface area contributed by atoms with Crippen LogP contribution in [0.1, 0.15) is 37.8 Å². The first-order valence-electron chi connectivity index (χ1n) is 13.1. The van der Waals surface area contributed by atoms with Gasteiger partial charge in [0.2, 0.25) is 0 Å². The number of nitrogens with zero attached hydrogens (tertiary/aromatic N) is 1. The van der Waals surface area contributed by atoms with Crippen LogP contribution in [0, 0.1) is 5.41 Å². The van der Waals surface area contributed by atoms with Gasteiger partial charge < -0.3 is 4.74 Å². The molecule has 0 radical (unpaired) electrons. The van der Waals surface area contributed by atoms with Crippen molar-refractivity contribution in [2.45, 2.75) is 11.5 Å². The average Bonchev–Trinajstić information content (AvgIpc) is 3.38. The van der Waals surface area contributed by atoms with Crippen molar-refractivity contribution in [2.24, 2.45) is 5.41 Å². The number of carbonyl (C=O) groups is 2. The molecule has 2 heterocycles. The second-order valence-electron chi connectivity index (χ2n) is 10.8. The van der Waals surface area contributed by atoms with E-state index in [9.17, 15) is 4.79 Å². The van der Waals surface area contributed by atoms with Gasteiger partial charge in [0.1, 0.15) is 23.3 Å². The van der Waals surface area contributed by atoms with Gasteiger partial charge in [-0.15, -0.1) is 0 Å². The van der Waals surface area contributed by atoms with E-state index in [0.29, 0.717) is 23.4 Å². The van der Waals surface area contributed by atoms with Gasteiger partial charge >= 0.3 is 0 Å². The summed E-state index contributed by atoms with van der Waals surface area (Å²) in [6.45, 7) is 0.701. The largest absolute Gasteiger partial charge is 0.492 e. The van der Waals surface area contributed by atoms with Crippen molar-refractivity contribution in [1.82, 2.24) is 4.90 Å². The summed E-state index contributed by atoms with van der Waals surface area (Å²) in [6.07, 6.45) is 0. The molecule has 38 heavy (non-hydrogen) atoms. The van der Waals surface area contributed by atoms with Gasteiger partial charge in [0, 0.05) is 18.0 Å². The van der Waals surface area contributed by atoms with E-state index >= 15 is 4.79 Å². The number of benzene rings is 5. The number of likely N-dealkylation sites (N-methyl/N-ethyl adjacent to an activating group) is 1. The maximum atomic E-state index is 15.3. The predicted octanol–water partition coefficient (Wildman–Crippen LogP) is 6.38. The van der Waals surface area contributed by atoms with E-state index in [4.69, 9.17) is 4.74 Å². The van der Waals surface area contributed by atoms with Crippen LogP contribution in [0.2, 0.25) is 0 Å². The van der Waals surface area contributed by atoms with Crippen LogP contribution in [-0.2, 0) is 5.54 Å². The molecule has 0 bridgehead atoms. The van der Waals surface area contributed by atoms with Gasteiger partial charge in [-0.05, 0) is 45.8 Å². The summed E-state index contributed by atoms with van der Waals surface area (Å²) in [7, 11) is 2.00. The molecule has 4 nitrogen and oxygen atoms in total. The normalized spacial score (nSPS) is 26.0. The maximum absolute atomic E-state index is 15.3. The lowest BCUT2D eigenvalue weighted by Gasteiger charge is -2.48. The molecule has 0 amide bonds.